The van der Waals surface area contributed by atoms with Gasteiger partial charge in [-0.15, -0.1) is 0 Å². The molecule has 3 rings (SSSR count). The number of nitrogen functional groups attached to an aromatic ring is 1. The summed E-state index contributed by atoms with van der Waals surface area (Å²) in [5, 5.41) is 2.41. The van der Waals surface area contributed by atoms with Crippen molar-refractivity contribution in [3.8, 4) is 0 Å². The Bertz CT molecular complexity index is 744. The van der Waals surface area contributed by atoms with Crippen LogP contribution in [0, 0.1) is 5.82 Å². The first-order valence-corrected chi connectivity index (χ1v) is 7.83. The fourth-order valence-electron chi connectivity index (χ4n) is 3.01. The Hall–Kier alpha value is -2.57. The summed E-state index contributed by atoms with van der Waals surface area (Å²) < 4.78 is 32.8. The normalized spacial score (nSPS) is 16.8. The van der Waals surface area contributed by atoms with Crippen LogP contribution in [0.1, 0.15) is 19.8 Å². The molecule has 0 saturated heterocycles. The summed E-state index contributed by atoms with van der Waals surface area (Å²) in [4.78, 5) is 13.3. The fourth-order valence-corrected chi connectivity index (χ4v) is 3.01. The van der Waals surface area contributed by atoms with Gasteiger partial charge in [-0.3, -0.25) is 5.32 Å². The highest BCUT2D eigenvalue weighted by molar-refractivity contribution is 5.90. The predicted molar refractivity (Wildman–Crippen MR) is 89.1 cm³/mol. The van der Waals surface area contributed by atoms with Gasteiger partial charge in [0.05, 0.1) is 23.7 Å². The number of halogens is 2. The summed E-state index contributed by atoms with van der Waals surface area (Å²) in [6.07, 6.45) is 1.92. The average Bonchev–Trinajstić information content (AvgIpc) is 2.95. The van der Waals surface area contributed by atoms with E-state index >= 15 is 0 Å². The minimum absolute atomic E-state index is 0.135. The van der Waals surface area contributed by atoms with Crippen LogP contribution in [0.5, 0.6) is 0 Å². The number of allylic oxidation sites excluding steroid dienone is 1. The molecule has 2 aliphatic rings. The lowest BCUT2D eigenvalue weighted by molar-refractivity contribution is 0.168. The average molecular weight is 335 g/mol. The molecule has 0 fully saturated rings. The summed E-state index contributed by atoms with van der Waals surface area (Å²) in [6.45, 7) is 2.89. The van der Waals surface area contributed by atoms with Crippen LogP contribution >= 0.6 is 0 Å². The maximum atomic E-state index is 14.6. The van der Waals surface area contributed by atoms with Gasteiger partial charge in [0.15, 0.2) is 5.82 Å². The number of carbonyl (C=O) groups excluding carboxylic acids is 1. The molecule has 1 aliphatic carbocycles. The Morgan fingerprint density at radius 1 is 1.33 bits per heavy atom. The molecule has 0 spiro atoms. The standard InChI is InChI=1S/C17H19F2N3O2/c1-2-24-17(23)21-13-5-6-14(15(19)16(13)20)22-8-10-3-4-12(18)7-11(10)9-22/h5-7H,2-4,8-9,20H2,1H3,(H,21,23). The van der Waals surface area contributed by atoms with E-state index in [1.165, 1.54) is 6.08 Å². The van der Waals surface area contributed by atoms with Crippen molar-refractivity contribution in [2.75, 3.05) is 35.6 Å². The van der Waals surface area contributed by atoms with E-state index in [9.17, 15) is 13.6 Å². The van der Waals surface area contributed by atoms with Gasteiger partial charge in [0.1, 0.15) is 5.83 Å². The molecule has 1 amide bonds. The van der Waals surface area contributed by atoms with E-state index in [4.69, 9.17) is 10.5 Å². The van der Waals surface area contributed by atoms with Crippen molar-refractivity contribution in [2.45, 2.75) is 19.8 Å². The van der Waals surface area contributed by atoms with Gasteiger partial charge in [0.25, 0.3) is 0 Å². The zero-order valence-corrected chi connectivity index (χ0v) is 13.4. The second-order valence-corrected chi connectivity index (χ2v) is 5.78. The molecule has 5 nitrogen and oxygen atoms in total. The third-order valence-electron chi connectivity index (χ3n) is 4.21. The zero-order chi connectivity index (χ0) is 17.3. The van der Waals surface area contributed by atoms with Crippen LogP contribution in [0.15, 0.2) is 35.2 Å². The van der Waals surface area contributed by atoms with Crippen LogP contribution in [0.2, 0.25) is 0 Å². The first-order chi connectivity index (χ1) is 11.5. The van der Waals surface area contributed by atoms with Gasteiger partial charge in [-0.2, -0.15) is 0 Å². The molecule has 3 N–H and O–H groups in total. The van der Waals surface area contributed by atoms with Crippen molar-refractivity contribution in [3.63, 3.8) is 0 Å². The SMILES string of the molecule is CCOC(=O)Nc1ccc(N2CC3=C(CCC(F)=C3)C2)c(F)c1N. The van der Waals surface area contributed by atoms with Crippen molar-refractivity contribution >= 4 is 23.2 Å². The van der Waals surface area contributed by atoms with Crippen LogP contribution < -0.4 is 16.0 Å². The Morgan fingerprint density at radius 3 is 2.88 bits per heavy atom. The van der Waals surface area contributed by atoms with Crippen molar-refractivity contribution in [2.24, 2.45) is 0 Å². The smallest absolute Gasteiger partial charge is 0.411 e. The Morgan fingerprint density at radius 2 is 2.12 bits per heavy atom. The van der Waals surface area contributed by atoms with Gasteiger partial charge in [0.2, 0.25) is 0 Å². The highest BCUT2D eigenvalue weighted by Gasteiger charge is 2.27. The summed E-state index contributed by atoms with van der Waals surface area (Å²) >= 11 is 0. The molecule has 0 bridgehead atoms. The zero-order valence-electron chi connectivity index (χ0n) is 13.4. The monoisotopic (exact) mass is 335 g/mol. The number of hydrogen-bond acceptors (Lipinski definition) is 4. The van der Waals surface area contributed by atoms with E-state index in [1.807, 2.05) is 4.90 Å². The molecule has 24 heavy (non-hydrogen) atoms. The van der Waals surface area contributed by atoms with Gasteiger partial charge in [-0.1, -0.05) is 0 Å². The number of nitrogens with one attached hydrogen (secondary N) is 1. The molecule has 1 aromatic rings. The highest BCUT2D eigenvalue weighted by Crippen LogP contribution is 2.36. The lowest BCUT2D eigenvalue weighted by atomic mass is 10.00. The first-order valence-electron chi connectivity index (χ1n) is 7.83. The van der Waals surface area contributed by atoms with Gasteiger partial charge in [-0.05, 0) is 42.7 Å². The molecule has 7 heteroatoms. The molecule has 1 heterocycles. The minimum Gasteiger partial charge on any atom is -0.450 e. The summed E-state index contributed by atoms with van der Waals surface area (Å²) in [5.41, 5.74) is 8.20. The lowest BCUT2D eigenvalue weighted by Crippen LogP contribution is -2.22. The largest absolute Gasteiger partial charge is 0.450 e. The number of rotatable bonds is 3. The Labute approximate surface area is 138 Å². The topological polar surface area (TPSA) is 67.6 Å². The maximum Gasteiger partial charge on any atom is 0.411 e. The lowest BCUT2D eigenvalue weighted by Gasteiger charge is -2.21. The number of ether oxygens (including phenoxy) is 1. The third kappa shape index (κ3) is 3.06. The molecule has 1 aliphatic heterocycles. The molecule has 0 radical (unpaired) electrons. The maximum absolute atomic E-state index is 14.6. The molecule has 0 unspecified atom stereocenters. The number of nitrogens with zero attached hydrogens (tertiary/aromatic N) is 1. The van der Waals surface area contributed by atoms with Crippen LogP contribution in [0.25, 0.3) is 0 Å². The molecular weight excluding hydrogens is 316 g/mol. The summed E-state index contributed by atoms with van der Waals surface area (Å²) in [7, 11) is 0. The van der Waals surface area contributed by atoms with E-state index in [0.29, 0.717) is 31.6 Å². The van der Waals surface area contributed by atoms with Crippen molar-refractivity contribution in [1.82, 2.24) is 0 Å². The first kappa shape index (κ1) is 16.3. The highest BCUT2D eigenvalue weighted by atomic mass is 19.1. The van der Waals surface area contributed by atoms with Crippen molar-refractivity contribution in [3.05, 3.63) is 41.0 Å². The van der Waals surface area contributed by atoms with Crippen LogP contribution in [0.4, 0.5) is 30.6 Å². The van der Waals surface area contributed by atoms with Crippen molar-refractivity contribution in [1.29, 1.82) is 0 Å². The van der Waals surface area contributed by atoms with E-state index in [0.717, 1.165) is 11.1 Å². The second-order valence-electron chi connectivity index (χ2n) is 5.78. The second kappa shape index (κ2) is 6.51. The van der Waals surface area contributed by atoms with Gasteiger partial charge in [0, 0.05) is 19.5 Å². The molecule has 1 aromatic carbocycles. The van der Waals surface area contributed by atoms with E-state index < -0.39 is 11.9 Å². The molecule has 0 saturated carbocycles. The van der Waals surface area contributed by atoms with Gasteiger partial charge < -0.3 is 15.4 Å². The third-order valence-corrected chi connectivity index (χ3v) is 4.21. The number of amides is 1. The summed E-state index contributed by atoms with van der Waals surface area (Å²) in [6, 6.07) is 3.10. The van der Waals surface area contributed by atoms with E-state index in [1.54, 1.807) is 19.1 Å². The molecule has 0 aromatic heterocycles. The minimum atomic E-state index is -0.685. The van der Waals surface area contributed by atoms with Crippen LogP contribution in [0.3, 0.4) is 0 Å². The fraction of sp³-hybridized carbons (Fsp3) is 0.353. The molecular formula is C17H19F2N3O2. The number of carbonyl (C=O) groups is 1. The molecule has 128 valence electrons. The van der Waals surface area contributed by atoms with Crippen LogP contribution in [-0.2, 0) is 4.74 Å². The number of nitrogens with two attached hydrogens (primary N) is 1. The summed E-state index contributed by atoms with van der Waals surface area (Å²) in [5.74, 6) is -0.738. The molecule has 0 atom stereocenters. The van der Waals surface area contributed by atoms with Crippen LogP contribution in [-0.4, -0.2) is 25.8 Å². The van der Waals surface area contributed by atoms with E-state index in [-0.39, 0.29) is 23.8 Å². The van der Waals surface area contributed by atoms with Gasteiger partial charge in [-0.25, -0.2) is 13.6 Å². The Kier molecular flexibility index (Phi) is 4.42. The number of benzene rings is 1. The predicted octanol–water partition coefficient (Wildman–Crippen LogP) is 3.74. The van der Waals surface area contributed by atoms with Crippen molar-refractivity contribution < 1.29 is 18.3 Å². The Balaban J connectivity index is 1.79. The van der Waals surface area contributed by atoms with E-state index in [2.05, 4.69) is 5.32 Å². The van der Waals surface area contributed by atoms with Gasteiger partial charge >= 0.3 is 6.09 Å². The number of anilines is 3. The number of hydrogen-bond donors (Lipinski definition) is 2. The quantitative estimate of drug-likeness (QED) is 0.826.